The highest BCUT2D eigenvalue weighted by atomic mass is 16.5. The van der Waals surface area contributed by atoms with Crippen LogP contribution in [0.4, 0.5) is 11.4 Å². The molecule has 0 unspecified atom stereocenters. The maximum Gasteiger partial charge on any atom is 0.119 e. The van der Waals surface area contributed by atoms with Gasteiger partial charge in [-0.15, -0.1) is 0 Å². The number of rotatable bonds is 13. The SMILES string of the molecule is CCCCCCCCCCOc1ccc(N=Nc2ccc(-c3ccc4cc5ccccc5cc4c3)cc2)cc1. The van der Waals surface area contributed by atoms with Crippen molar-refractivity contribution >= 4 is 32.9 Å². The summed E-state index contributed by atoms with van der Waals surface area (Å²) in [5.41, 5.74) is 4.02. The summed E-state index contributed by atoms with van der Waals surface area (Å²) < 4.78 is 5.90. The summed E-state index contributed by atoms with van der Waals surface area (Å²) in [6.45, 7) is 3.04. The molecule has 0 amide bonds. The van der Waals surface area contributed by atoms with E-state index >= 15 is 0 Å². The Hall–Kier alpha value is -3.98. The van der Waals surface area contributed by atoms with Crippen molar-refractivity contribution in [3.8, 4) is 16.9 Å². The lowest BCUT2D eigenvalue weighted by Crippen LogP contribution is -1.96. The smallest absolute Gasteiger partial charge is 0.119 e. The summed E-state index contributed by atoms with van der Waals surface area (Å²) in [5.74, 6) is 0.893. The highest BCUT2D eigenvalue weighted by Crippen LogP contribution is 2.29. The van der Waals surface area contributed by atoms with Gasteiger partial charge in [0.2, 0.25) is 0 Å². The average molecular weight is 515 g/mol. The van der Waals surface area contributed by atoms with Gasteiger partial charge in [0.1, 0.15) is 5.75 Å². The Balaban J connectivity index is 1.12. The zero-order chi connectivity index (χ0) is 26.7. The van der Waals surface area contributed by atoms with E-state index in [1.54, 1.807) is 0 Å². The lowest BCUT2D eigenvalue weighted by Gasteiger charge is -2.07. The Labute approximate surface area is 232 Å². The van der Waals surface area contributed by atoms with Crippen LogP contribution in [0.1, 0.15) is 58.3 Å². The molecule has 3 nitrogen and oxygen atoms in total. The van der Waals surface area contributed by atoms with Crippen molar-refractivity contribution in [1.29, 1.82) is 0 Å². The zero-order valence-electron chi connectivity index (χ0n) is 23.0. The summed E-state index contributed by atoms with van der Waals surface area (Å²) in [4.78, 5) is 0. The number of benzene rings is 5. The fourth-order valence-corrected chi connectivity index (χ4v) is 4.99. The molecule has 0 heterocycles. The van der Waals surface area contributed by atoms with Gasteiger partial charge in [0.25, 0.3) is 0 Å². The Bertz CT molecular complexity index is 1500. The first-order valence-electron chi connectivity index (χ1n) is 14.5. The van der Waals surface area contributed by atoms with Gasteiger partial charge in [0, 0.05) is 0 Å². The molecule has 5 rings (SSSR count). The standard InChI is InChI=1S/C36H38N2O/c1-2-3-4-5-6-7-8-11-24-39-36-22-20-35(21-23-36)38-37-34-18-16-28(17-19-34)31-14-15-32-25-29-12-9-10-13-30(29)26-33(32)27-31/h9-10,12-23,25-27H,2-8,11,24H2,1H3. The van der Waals surface area contributed by atoms with Crippen LogP contribution in [-0.2, 0) is 0 Å². The minimum atomic E-state index is 0.774. The molecule has 39 heavy (non-hydrogen) atoms. The van der Waals surface area contributed by atoms with E-state index in [1.807, 2.05) is 36.4 Å². The van der Waals surface area contributed by atoms with Crippen LogP contribution in [0, 0.1) is 0 Å². The number of azo groups is 1. The topological polar surface area (TPSA) is 34.0 Å². The fraction of sp³-hybridized carbons (Fsp3) is 0.278. The third-order valence-electron chi connectivity index (χ3n) is 7.29. The second-order valence-corrected chi connectivity index (χ2v) is 10.3. The molecule has 198 valence electrons. The van der Waals surface area contributed by atoms with Gasteiger partial charge in [-0.3, -0.25) is 0 Å². The molecule has 0 aliphatic carbocycles. The fourth-order valence-electron chi connectivity index (χ4n) is 4.99. The van der Waals surface area contributed by atoms with Gasteiger partial charge in [-0.25, -0.2) is 0 Å². The monoisotopic (exact) mass is 514 g/mol. The predicted octanol–water partition coefficient (Wildman–Crippen LogP) is 11.6. The van der Waals surface area contributed by atoms with E-state index in [0.717, 1.165) is 30.2 Å². The quantitative estimate of drug-likeness (QED) is 0.0873. The first-order valence-corrected chi connectivity index (χ1v) is 14.5. The summed E-state index contributed by atoms with van der Waals surface area (Å²) >= 11 is 0. The molecular weight excluding hydrogens is 476 g/mol. The van der Waals surface area contributed by atoms with Crippen LogP contribution in [0.3, 0.4) is 0 Å². The van der Waals surface area contributed by atoms with E-state index in [4.69, 9.17) is 4.74 Å². The first-order chi connectivity index (χ1) is 19.3. The zero-order valence-corrected chi connectivity index (χ0v) is 23.0. The van der Waals surface area contributed by atoms with E-state index in [2.05, 4.69) is 83.9 Å². The average Bonchev–Trinajstić information content (AvgIpc) is 2.99. The molecule has 0 radical (unpaired) electrons. The van der Waals surface area contributed by atoms with Crippen LogP contribution in [0.5, 0.6) is 5.75 Å². The number of fused-ring (bicyclic) bond motifs is 2. The van der Waals surface area contributed by atoms with Crippen molar-refractivity contribution < 1.29 is 4.74 Å². The Morgan fingerprint density at radius 1 is 0.487 bits per heavy atom. The highest BCUT2D eigenvalue weighted by Gasteiger charge is 2.03. The lowest BCUT2D eigenvalue weighted by atomic mass is 9.98. The predicted molar refractivity (Wildman–Crippen MR) is 166 cm³/mol. The number of unbranched alkanes of at least 4 members (excludes halogenated alkanes) is 7. The molecule has 0 bridgehead atoms. The van der Waals surface area contributed by atoms with Crippen molar-refractivity contribution in [2.75, 3.05) is 6.61 Å². The van der Waals surface area contributed by atoms with Crippen LogP contribution < -0.4 is 4.74 Å². The highest BCUT2D eigenvalue weighted by molar-refractivity contribution is 5.99. The largest absolute Gasteiger partial charge is 0.494 e. The number of hydrogen-bond donors (Lipinski definition) is 0. The second kappa shape index (κ2) is 13.7. The lowest BCUT2D eigenvalue weighted by molar-refractivity contribution is 0.304. The molecular formula is C36H38N2O. The number of ether oxygens (including phenoxy) is 1. The summed E-state index contributed by atoms with van der Waals surface area (Å²) in [7, 11) is 0. The van der Waals surface area contributed by atoms with Crippen molar-refractivity contribution in [1.82, 2.24) is 0 Å². The van der Waals surface area contributed by atoms with Gasteiger partial charge in [0.15, 0.2) is 0 Å². The molecule has 0 saturated carbocycles. The Morgan fingerprint density at radius 2 is 1.03 bits per heavy atom. The second-order valence-electron chi connectivity index (χ2n) is 10.3. The maximum atomic E-state index is 5.90. The molecule has 0 aliphatic rings. The molecule has 0 fully saturated rings. The molecule has 0 aromatic heterocycles. The van der Waals surface area contributed by atoms with Gasteiger partial charge < -0.3 is 4.74 Å². The summed E-state index contributed by atoms with van der Waals surface area (Å²) in [6, 6.07) is 35.8. The van der Waals surface area contributed by atoms with Crippen LogP contribution in [0.15, 0.2) is 113 Å². The third-order valence-corrected chi connectivity index (χ3v) is 7.29. The number of hydrogen-bond acceptors (Lipinski definition) is 3. The minimum Gasteiger partial charge on any atom is -0.494 e. The molecule has 0 spiro atoms. The summed E-state index contributed by atoms with van der Waals surface area (Å²) in [6.07, 6.45) is 10.5. The summed E-state index contributed by atoms with van der Waals surface area (Å²) in [5, 5.41) is 13.9. The Morgan fingerprint density at radius 3 is 1.69 bits per heavy atom. The van der Waals surface area contributed by atoms with Crippen molar-refractivity contribution in [2.24, 2.45) is 10.2 Å². The van der Waals surface area contributed by atoms with E-state index in [1.165, 1.54) is 77.6 Å². The Kier molecular flexibility index (Phi) is 9.36. The van der Waals surface area contributed by atoms with Crippen LogP contribution in [-0.4, -0.2) is 6.61 Å². The molecule has 0 saturated heterocycles. The third kappa shape index (κ3) is 7.54. The molecule has 0 aliphatic heterocycles. The van der Waals surface area contributed by atoms with Gasteiger partial charge in [-0.05, 0) is 93.7 Å². The van der Waals surface area contributed by atoms with E-state index in [-0.39, 0.29) is 0 Å². The van der Waals surface area contributed by atoms with E-state index in [0.29, 0.717) is 0 Å². The van der Waals surface area contributed by atoms with Gasteiger partial charge in [0.05, 0.1) is 18.0 Å². The first kappa shape index (κ1) is 26.6. The molecule has 0 N–H and O–H groups in total. The van der Waals surface area contributed by atoms with Crippen molar-refractivity contribution in [2.45, 2.75) is 58.3 Å². The van der Waals surface area contributed by atoms with E-state index in [9.17, 15) is 0 Å². The van der Waals surface area contributed by atoms with Crippen LogP contribution in [0.25, 0.3) is 32.7 Å². The van der Waals surface area contributed by atoms with Crippen LogP contribution >= 0.6 is 0 Å². The molecule has 0 atom stereocenters. The van der Waals surface area contributed by atoms with Crippen LogP contribution in [0.2, 0.25) is 0 Å². The van der Waals surface area contributed by atoms with Gasteiger partial charge in [-0.2, -0.15) is 10.2 Å². The molecule has 5 aromatic rings. The van der Waals surface area contributed by atoms with Crippen molar-refractivity contribution in [3.05, 3.63) is 103 Å². The molecule has 3 heteroatoms. The maximum absolute atomic E-state index is 5.90. The van der Waals surface area contributed by atoms with Crippen molar-refractivity contribution in [3.63, 3.8) is 0 Å². The van der Waals surface area contributed by atoms with Gasteiger partial charge >= 0.3 is 0 Å². The molecule has 5 aromatic carbocycles. The van der Waals surface area contributed by atoms with E-state index < -0.39 is 0 Å². The minimum absolute atomic E-state index is 0.774. The normalized spacial score (nSPS) is 11.5. The number of nitrogens with zero attached hydrogens (tertiary/aromatic N) is 2. The van der Waals surface area contributed by atoms with Gasteiger partial charge in [-0.1, -0.05) is 100 Å².